The summed E-state index contributed by atoms with van der Waals surface area (Å²) in [6.45, 7) is 1.67. The van der Waals surface area contributed by atoms with Crippen molar-refractivity contribution in [3.8, 4) is 11.1 Å². The van der Waals surface area contributed by atoms with E-state index in [1.807, 2.05) is 42.5 Å². The minimum Gasteiger partial charge on any atom is -0.318 e. The lowest BCUT2D eigenvalue weighted by atomic mass is 10.1. The average molecular weight is 347 g/mol. The van der Waals surface area contributed by atoms with Crippen LogP contribution < -0.4 is 4.90 Å². The highest BCUT2D eigenvalue weighted by Crippen LogP contribution is 2.26. The fourth-order valence-electron chi connectivity index (χ4n) is 3.20. The van der Waals surface area contributed by atoms with Crippen LogP contribution in [0.2, 0.25) is 0 Å². The Morgan fingerprint density at radius 1 is 0.923 bits per heavy atom. The Labute approximate surface area is 151 Å². The zero-order valence-corrected chi connectivity index (χ0v) is 14.2. The predicted octanol–water partition coefficient (Wildman–Crippen LogP) is 4.33. The molecular weight excluding hydrogens is 329 g/mol. The largest absolute Gasteiger partial charge is 0.324 e. The van der Waals surface area contributed by atoms with Crippen LogP contribution in [0, 0.1) is 5.82 Å². The Kier molecular flexibility index (Phi) is 4.35. The van der Waals surface area contributed by atoms with Gasteiger partial charge in [-0.1, -0.05) is 24.3 Å². The van der Waals surface area contributed by atoms with Crippen molar-refractivity contribution in [2.45, 2.75) is 6.54 Å². The van der Waals surface area contributed by atoms with Crippen LogP contribution in [0.1, 0.15) is 5.56 Å². The minimum atomic E-state index is -0.280. The van der Waals surface area contributed by atoms with Gasteiger partial charge in [0.15, 0.2) is 0 Å². The second-order valence-corrected chi connectivity index (χ2v) is 6.27. The highest BCUT2D eigenvalue weighted by molar-refractivity contribution is 5.94. The van der Waals surface area contributed by atoms with E-state index in [2.05, 4.69) is 4.98 Å². The molecule has 2 amide bonds. The quantitative estimate of drug-likeness (QED) is 0.704. The number of carbonyl (C=O) groups excluding carboxylic acids is 1. The number of hydrogen-bond donors (Lipinski definition) is 0. The molecule has 4 nitrogen and oxygen atoms in total. The third-order valence-electron chi connectivity index (χ3n) is 4.55. The Balaban J connectivity index is 1.48. The first kappa shape index (κ1) is 16.3. The molecule has 0 aliphatic carbocycles. The summed E-state index contributed by atoms with van der Waals surface area (Å²) in [5, 5.41) is 0. The maximum absolute atomic E-state index is 13.3. The SMILES string of the molecule is O=C1N(Cc2cccc(F)c2)CCN1c1ccc(-c2ccncc2)cc1. The number of nitrogens with zero attached hydrogens (tertiary/aromatic N) is 3. The molecule has 1 saturated heterocycles. The molecule has 2 heterocycles. The van der Waals surface area contributed by atoms with Crippen molar-refractivity contribution in [3.63, 3.8) is 0 Å². The van der Waals surface area contributed by atoms with Gasteiger partial charge in [0.1, 0.15) is 5.82 Å². The van der Waals surface area contributed by atoms with Crippen molar-refractivity contribution in [2.24, 2.45) is 0 Å². The van der Waals surface area contributed by atoms with E-state index in [0.717, 1.165) is 22.4 Å². The lowest BCUT2D eigenvalue weighted by molar-refractivity contribution is 0.218. The summed E-state index contributed by atoms with van der Waals surface area (Å²) in [5.74, 6) is -0.280. The highest BCUT2D eigenvalue weighted by atomic mass is 19.1. The van der Waals surface area contributed by atoms with Crippen molar-refractivity contribution in [2.75, 3.05) is 18.0 Å². The number of amides is 2. The molecule has 0 spiro atoms. The molecule has 130 valence electrons. The Bertz CT molecular complexity index is 912. The lowest BCUT2D eigenvalue weighted by Gasteiger charge is -2.19. The molecule has 4 rings (SSSR count). The van der Waals surface area contributed by atoms with Gasteiger partial charge in [-0.2, -0.15) is 0 Å². The van der Waals surface area contributed by atoms with Crippen molar-refractivity contribution >= 4 is 11.7 Å². The molecular formula is C21H18FN3O. The molecule has 1 aliphatic heterocycles. The van der Waals surface area contributed by atoms with Gasteiger partial charge in [-0.05, 0) is 53.1 Å². The average Bonchev–Trinajstić information content (AvgIpc) is 3.03. The van der Waals surface area contributed by atoms with Crippen molar-refractivity contribution in [1.29, 1.82) is 0 Å². The summed E-state index contributed by atoms with van der Waals surface area (Å²) < 4.78 is 13.3. The minimum absolute atomic E-state index is 0.0501. The Hall–Kier alpha value is -3.21. The van der Waals surface area contributed by atoms with E-state index in [0.29, 0.717) is 19.6 Å². The second kappa shape index (κ2) is 6.96. The summed E-state index contributed by atoms with van der Waals surface area (Å²) in [7, 11) is 0. The van der Waals surface area contributed by atoms with E-state index in [1.54, 1.807) is 28.3 Å². The van der Waals surface area contributed by atoms with Crippen LogP contribution in [0.4, 0.5) is 14.9 Å². The molecule has 0 unspecified atom stereocenters. The molecule has 0 bridgehead atoms. The van der Waals surface area contributed by atoms with Gasteiger partial charge in [0.2, 0.25) is 0 Å². The molecule has 0 N–H and O–H groups in total. The van der Waals surface area contributed by atoms with Crippen LogP contribution in [0.3, 0.4) is 0 Å². The summed E-state index contributed by atoms with van der Waals surface area (Å²) in [4.78, 5) is 20.2. The van der Waals surface area contributed by atoms with Crippen LogP contribution in [0.25, 0.3) is 11.1 Å². The summed E-state index contributed by atoms with van der Waals surface area (Å²) in [5.41, 5.74) is 3.84. The first-order chi connectivity index (χ1) is 12.7. The number of benzene rings is 2. The standard InChI is InChI=1S/C21H18FN3O/c22-19-3-1-2-16(14-19)15-24-12-13-25(21(24)26)20-6-4-17(5-7-20)18-8-10-23-11-9-18/h1-11,14H,12-13,15H2. The van der Waals surface area contributed by atoms with Crippen LogP contribution >= 0.6 is 0 Å². The van der Waals surface area contributed by atoms with Gasteiger partial charge < -0.3 is 4.90 Å². The van der Waals surface area contributed by atoms with E-state index < -0.39 is 0 Å². The number of anilines is 1. The van der Waals surface area contributed by atoms with Crippen LogP contribution in [0.15, 0.2) is 73.1 Å². The summed E-state index contributed by atoms with van der Waals surface area (Å²) in [6, 6.07) is 18.2. The van der Waals surface area contributed by atoms with E-state index in [4.69, 9.17) is 0 Å². The third kappa shape index (κ3) is 3.28. The Morgan fingerprint density at radius 3 is 2.38 bits per heavy atom. The summed E-state index contributed by atoms with van der Waals surface area (Å²) in [6.07, 6.45) is 3.52. The number of carbonyl (C=O) groups is 1. The zero-order chi connectivity index (χ0) is 17.9. The number of hydrogen-bond acceptors (Lipinski definition) is 2. The molecule has 5 heteroatoms. The number of rotatable bonds is 4. The van der Waals surface area contributed by atoms with Crippen molar-refractivity contribution < 1.29 is 9.18 Å². The molecule has 1 aromatic heterocycles. The second-order valence-electron chi connectivity index (χ2n) is 6.27. The monoisotopic (exact) mass is 347 g/mol. The van der Waals surface area contributed by atoms with E-state index in [9.17, 15) is 9.18 Å². The van der Waals surface area contributed by atoms with Gasteiger partial charge in [-0.15, -0.1) is 0 Å². The smallest absolute Gasteiger partial charge is 0.318 e. The highest BCUT2D eigenvalue weighted by Gasteiger charge is 2.29. The molecule has 1 aliphatic rings. The van der Waals surface area contributed by atoms with E-state index in [1.165, 1.54) is 12.1 Å². The molecule has 2 aromatic carbocycles. The predicted molar refractivity (Wildman–Crippen MR) is 99.2 cm³/mol. The summed E-state index contributed by atoms with van der Waals surface area (Å²) >= 11 is 0. The van der Waals surface area contributed by atoms with Gasteiger partial charge in [0.05, 0.1) is 0 Å². The molecule has 0 radical (unpaired) electrons. The van der Waals surface area contributed by atoms with Crippen molar-refractivity contribution in [1.82, 2.24) is 9.88 Å². The van der Waals surface area contributed by atoms with E-state index in [-0.39, 0.29) is 11.8 Å². The van der Waals surface area contributed by atoms with Gasteiger partial charge >= 0.3 is 6.03 Å². The lowest BCUT2D eigenvalue weighted by Crippen LogP contribution is -2.31. The third-order valence-corrected chi connectivity index (χ3v) is 4.55. The first-order valence-electron chi connectivity index (χ1n) is 8.52. The van der Waals surface area contributed by atoms with E-state index >= 15 is 0 Å². The van der Waals surface area contributed by atoms with Crippen LogP contribution in [0.5, 0.6) is 0 Å². The fraction of sp³-hybridized carbons (Fsp3) is 0.143. The van der Waals surface area contributed by atoms with Crippen LogP contribution in [-0.2, 0) is 6.54 Å². The van der Waals surface area contributed by atoms with Gasteiger partial charge in [0, 0.05) is 37.7 Å². The maximum Gasteiger partial charge on any atom is 0.324 e. The molecule has 1 fully saturated rings. The molecule has 0 atom stereocenters. The zero-order valence-electron chi connectivity index (χ0n) is 14.2. The maximum atomic E-state index is 13.3. The van der Waals surface area contributed by atoms with Crippen LogP contribution in [-0.4, -0.2) is 29.0 Å². The van der Waals surface area contributed by atoms with Gasteiger partial charge in [-0.3, -0.25) is 9.88 Å². The molecule has 0 saturated carbocycles. The van der Waals surface area contributed by atoms with Gasteiger partial charge in [-0.25, -0.2) is 9.18 Å². The topological polar surface area (TPSA) is 36.4 Å². The first-order valence-corrected chi connectivity index (χ1v) is 8.52. The van der Waals surface area contributed by atoms with Crippen molar-refractivity contribution in [3.05, 3.63) is 84.4 Å². The normalized spacial score (nSPS) is 14.1. The number of pyridine rings is 1. The number of halogens is 1. The molecule has 26 heavy (non-hydrogen) atoms. The fourth-order valence-corrected chi connectivity index (χ4v) is 3.20. The molecule has 3 aromatic rings. The van der Waals surface area contributed by atoms with Gasteiger partial charge in [0.25, 0.3) is 0 Å². The number of aromatic nitrogens is 1. The number of urea groups is 1. The Morgan fingerprint density at radius 2 is 1.65 bits per heavy atom.